The lowest BCUT2D eigenvalue weighted by molar-refractivity contribution is 0.102. The second-order valence-corrected chi connectivity index (χ2v) is 6.95. The summed E-state index contributed by atoms with van der Waals surface area (Å²) in [6.45, 7) is 0. The molecule has 3 aromatic rings. The number of para-hydroxylation sites is 2. The average molecular weight is 364 g/mol. The second kappa shape index (κ2) is 6.74. The summed E-state index contributed by atoms with van der Waals surface area (Å²) in [5.74, 6) is -0.326. The molecule has 1 unspecified atom stereocenters. The number of anilines is 2. The number of carbonyl (C=O) groups is 1. The fourth-order valence-corrected chi connectivity index (χ4v) is 3.83. The molecule has 3 aromatic carbocycles. The van der Waals surface area contributed by atoms with E-state index >= 15 is 0 Å². The Bertz CT molecular complexity index is 990. The van der Waals surface area contributed by atoms with E-state index in [0.717, 1.165) is 15.4 Å². The number of aromatic hydroxyl groups is 1. The summed E-state index contributed by atoms with van der Waals surface area (Å²) in [4.78, 5) is 14.4. The third-order valence-electron chi connectivity index (χ3n) is 4.12. The fourth-order valence-electron chi connectivity index (χ4n) is 2.79. The molecule has 26 heavy (non-hydrogen) atoms. The minimum absolute atomic E-state index is 0.00941. The molecule has 0 fully saturated rings. The monoisotopic (exact) mass is 364 g/mol. The molecule has 1 amide bonds. The van der Waals surface area contributed by atoms with Crippen LogP contribution in [-0.4, -0.2) is 16.1 Å². The van der Waals surface area contributed by atoms with E-state index < -0.39 is 6.23 Å². The maximum Gasteiger partial charge on any atom is 0.255 e. The van der Waals surface area contributed by atoms with Crippen LogP contribution in [0, 0.1) is 0 Å². The number of hydrogen-bond acceptors (Lipinski definition) is 5. The van der Waals surface area contributed by atoms with Gasteiger partial charge in [-0.15, -0.1) is 0 Å². The number of aliphatic hydroxyl groups excluding tert-OH is 1. The van der Waals surface area contributed by atoms with Gasteiger partial charge in [0, 0.05) is 20.9 Å². The largest absolute Gasteiger partial charge is 0.506 e. The summed E-state index contributed by atoms with van der Waals surface area (Å²) in [7, 11) is 0. The minimum atomic E-state index is -0.851. The molecular formula is C20H16N2O3S. The van der Waals surface area contributed by atoms with Crippen LogP contribution in [0.1, 0.15) is 22.1 Å². The Morgan fingerprint density at radius 2 is 1.77 bits per heavy atom. The maximum atomic E-state index is 12.5. The van der Waals surface area contributed by atoms with Gasteiger partial charge in [-0.05, 0) is 36.4 Å². The molecule has 1 heterocycles. The summed E-state index contributed by atoms with van der Waals surface area (Å²) >= 11 is 1.54. The van der Waals surface area contributed by atoms with Gasteiger partial charge in [0.1, 0.15) is 5.75 Å². The Morgan fingerprint density at radius 3 is 2.62 bits per heavy atom. The molecule has 0 radical (unpaired) electrons. The molecule has 4 rings (SSSR count). The van der Waals surface area contributed by atoms with E-state index in [2.05, 4.69) is 10.6 Å². The molecule has 130 valence electrons. The molecule has 1 atom stereocenters. The molecule has 6 heteroatoms. The first-order valence-corrected chi connectivity index (χ1v) is 8.88. The van der Waals surface area contributed by atoms with Gasteiger partial charge in [0.15, 0.2) is 6.23 Å². The molecule has 0 saturated carbocycles. The molecule has 0 aliphatic carbocycles. The quantitative estimate of drug-likeness (QED) is 0.512. The van der Waals surface area contributed by atoms with Crippen molar-refractivity contribution in [3.63, 3.8) is 0 Å². The lowest BCUT2D eigenvalue weighted by atomic mass is 10.1. The van der Waals surface area contributed by atoms with Crippen LogP contribution in [0.25, 0.3) is 0 Å². The van der Waals surface area contributed by atoms with Gasteiger partial charge in [0.2, 0.25) is 0 Å². The van der Waals surface area contributed by atoms with Crippen LogP contribution in [0.5, 0.6) is 5.75 Å². The summed E-state index contributed by atoms with van der Waals surface area (Å²) in [5, 5.41) is 26.0. The molecule has 1 aliphatic heterocycles. The van der Waals surface area contributed by atoms with Crippen molar-refractivity contribution in [2.45, 2.75) is 16.0 Å². The number of carbonyl (C=O) groups excluding carboxylic acids is 1. The van der Waals surface area contributed by atoms with Crippen molar-refractivity contribution >= 4 is 29.0 Å². The van der Waals surface area contributed by atoms with Crippen LogP contribution >= 0.6 is 11.8 Å². The molecule has 0 spiro atoms. The van der Waals surface area contributed by atoms with E-state index in [1.54, 1.807) is 30.3 Å². The smallest absolute Gasteiger partial charge is 0.255 e. The van der Waals surface area contributed by atoms with Crippen LogP contribution in [0.2, 0.25) is 0 Å². The predicted molar refractivity (Wildman–Crippen MR) is 102 cm³/mol. The number of benzene rings is 3. The summed E-state index contributed by atoms with van der Waals surface area (Å²) < 4.78 is 0. The van der Waals surface area contributed by atoms with Gasteiger partial charge in [0.05, 0.1) is 11.4 Å². The third-order valence-corrected chi connectivity index (χ3v) is 5.29. The fraction of sp³-hybridized carbons (Fsp3) is 0.0500. The predicted octanol–water partition coefficient (Wildman–Crippen LogP) is 4.21. The highest BCUT2D eigenvalue weighted by molar-refractivity contribution is 7.99. The number of amides is 1. The SMILES string of the molecule is O=C(Nc1ccccc1O)c1ccc2c(c1)NC(O)c1ccccc1S2. The van der Waals surface area contributed by atoms with Crippen molar-refractivity contribution in [1.82, 2.24) is 0 Å². The molecule has 0 bridgehead atoms. The summed E-state index contributed by atoms with van der Waals surface area (Å²) in [5.41, 5.74) is 2.26. The average Bonchev–Trinajstić information content (AvgIpc) is 2.79. The van der Waals surface area contributed by atoms with Gasteiger partial charge in [-0.1, -0.05) is 42.1 Å². The lowest BCUT2D eigenvalue weighted by Gasteiger charge is -2.14. The normalized spacial score (nSPS) is 15.2. The van der Waals surface area contributed by atoms with E-state index in [4.69, 9.17) is 0 Å². The van der Waals surface area contributed by atoms with Gasteiger partial charge in [-0.2, -0.15) is 0 Å². The highest BCUT2D eigenvalue weighted by Crippen LogP contribution is 2.41. The van der Waals surface area contributed by atoms with Crippen molar-refractivity contribution in [2.24, 2.45) is 0 Å². The van der Waals surface area contributed by atoms with Crippen LogP contribution in [-0.2, 0) is 0 Å². The van der Waals surface area contributed by atoms with Gasteiger partial charge >= 0.3 is 0 Å². The van der Waals surface area contributed by atoms with Gasteiger partial charge in [0.25, 0.3) is 5.91 Å². The van der Waals surface area contributed by atoms with E-state index in [1.807, 2.05) is 30.3 Å². The van der Waals surface area contributed by atoms with Crippen LogP contribution in [0.3, 0.4) is 0 Å². The van der Waals surface area contributed by atoms with Crippen molar-refractivity contribution in [3.05, 3.63) is 77.9 Å². The van der Waals surface area contributed by atoms with E-state index in [1.165, 1.54) is 17.8 Å². The Hall–Kier alpha value is -2.96. The number of phenols is 1. The van der Waals surface area contributed by atoms with Crippen molar-refractivity contribution in [1.29, 1.82) is 0 Å². The zero-order chi connectivity index (χ0) is 18.1. The maximum absolute atomic E-state index is 12.5. The topological polar surface area (TPSA) is 81.6 Å². The van der Waals surface area contributed by atoms with Crippen molar-refractivity contribution < 1.29 is 15.0 Å². The Kier molecular flexibility index (Phi) is 4.28. The van der Waals surface area contributed by atoms with Crippen LogP contribution in [0.4, 0.5) is 11.4 Å². The number of hydrogen-bond donors (Lipinski definition) is 4. The van der Waals surface area contributed by atoms with Gasteiger partial charge in [-0.25, -0.2) is 0 Å². The first kappa shape index (κ1) is 16.5. The second-order valence-electron chi connectivity index (χ2n) is 5.87. The van der Waals surface area contributed by atoms with Gasteiger partial charge < -0.3 is 20.8 Å². The first-order valence-electron chi connectivity index (χ1n) is 8.06. The number of aliphatic hydroxyl groups is 1. The Labute approximate surface area is 154 Å². The van der Waals surface area contributed by atoms with E-state index in [-0.39, 0.29) is 11.7 Å². The zero-order valence-corrected chi connectivity index (χ0v) is 14.5. The molecule has 0 aromatic heterocycles. The number of fused-ring (bicyclic) bond motifs is 2. The van der Waals surface area contributed by atoms with Crippen molar-refractivity contribution in [2.75, 3.05) is 10.6 Å². The molecule has 5 nitrogen and oxygen atoms in total. The van der Waals surface area contributed by atoms with E-state index in [9.17, 15) is 15.0 Å². The first-order chi connectivity index (χ1) is 12.6. The van der Waals surface area contributed by atoms with E-state index in [0.29, 0.717) is 16.9 Å². The lowest BCUT2D eigenvalue weighted by Crippen LogP contribution is -2.13. The highest BCUT2D eigenvalue weighted by atomic mass is 32.2. The highest BCUT2D eigenvalue weighted by Gasteiger charge is 2.21. The molecule has 0 saturated heterocycles. The number of phenolic OH excluding ortho intramolecular Hbond substituents is 1. The third kappa shape index (κ3) is 3.12. The van der Waals surface area contributed by atoms with Crippen molar-refractivity contribution in [3.8, 4) is 5.75 Å². The standard InChI is InChI=1S/C20H16N2O3S/c23-16-7-3-2-6-14(16)21-19(24)12-9-10-18-15(11-12)22-20(25)13-5-1-4-8-17(13)26-18/h1-11,20,22-23,25H,(H,21,24). The number of rotatable bonds is 2. The van der Waals surface area contributed by atoms with Crippen LogP contribution in [0.15, 0.2) is 76.5 Å². The summed E-state index contributed by atoms with van der Waals surface area (Å²) in [6, 6.07) is 19.5. The van der Waals surface area contributed by atoms with Gasteiger partial charge in [-0.3, -0.25) is 4.79 Å². The summed E-state index contributed by atoms with van der Waals surface area (Å²) in [6.07, 6.45) is -0.851. The molecular weight excluding hydrogens is 348 g/mol. The number of nitrogens with one attached hydrogen (secondary N) is 2. The van der Waals surface area contributed by atoms with Crippen LogP contribution < -0.4 is 10.6 Å². The Balaban J connectivity index is 1.63. The minimum Gasteiger partial charge on any atom is -0.506 e. The Morgan fingerprint density at radius 1 is 1.00 bits per heavy atom. The molecule has 4 N–H and O–H groups in total. The molecule has 1 aliphatic rings. The zero-order valence-electron chi connectivity index (χ0n) is 13.6.